The normalized spacial score (nSPS) is 12.4. The lowest BCUT2D eigenvalue weighted by molar-refractivity contribution is 0.0557. The third kappa shape index (κ3) is 4.67. The SMILES string of the molecule is O=P(O)(O)C(F)(F)c1ccc(CSc2ncc(-c3ccc(Cl)cc3)[nH]2)cc1Br. The van der Waals surface area contributed by atoms with E-state index in [9.17, 15) is 13.3 Å². The minimum Gasteiger partial charge on any atom is -0.333 e. The summed E-state index contributed by atoms with van der Waals surface area (Å²) in [5.41, 5.74) is -2.58. The highest BCUT2D eigenvalue weighted by Gasteiger charge is 2.51. The van der Waals surface area contributed by atoms with E-state index < -0.39 is 18.8 Å². The van der Waals surface area contributed by atoms with E-state index in [-0.39, 0.29) is 4.47 Å². The molecule has 2 aromatic carbocycles. The number of thioether (sulfide) groups is 1. The molecule has 0 bridgehead atoms. The van der Waals surface area contributed by atoms with Crippen molar-refractivity contribution in [2.24, 2.45) is 0 Å². The molecule has 0 aliphatic rings. The number of alkyl halides is 2. The minimum atomic E-state index is -5.62. The van der Waals surface area contributed by atoms with E-state index in [4.69, 9.17) is 21.4 Å². The average Bonchev–Trinajstić information content (AvgIpc) is 3.08. The highest BCUT2D eigenvalue weighted by atomic mass is 79.9. The Labute approximate surface area is 176 Å². The Balaban J connectivity index is 1.71. The van der Waals surface area contributed by atoms with E-state index in [1.54, 1.807) is 18.3 Å². The molecule has 0 fully saturated rings. The van der Waals surface area contributed by atoms with Gasteiger partial charge in [-0.2, -0.15) is 8.78 Å². The van der Waals surface area contributed by atoms with Crippen LogP contribution in [0, 0.1) is 0 Å². The predicted octanol–water partition coefficient (Wildman–Crippen LogP) is 6.01. The van der Waals surface area contributed by atoms with Crippen molar-refractivity contribution in [2.75, 3.05) is 0 Å². The zero-order valence-electron chi connectivity index (χ0n) is 13.9. The van der Waals surface area contributed by atoms with E-state index in [2.05, 4.69) is 25.9 Å². The molecule has 1 aromatic heterocycles. The van der Waals surface area contributed by atoms with Gasteiger partial charge >= 0.3 is 13.3 Å². The lowest BCUT2D eigenvalue weighted by atomic mass is 10.1. The Hall–Kier alpha value is -1.22. The van der Waals surface area contributed by atoms with Gasteiger partial charge in [-0.25, -0.2) is 4.98 Å². The monoisotopic (exact) mass is 508 g/mol. The summed E-state index contributed by atoms with van der Waals surface area (Å²) in [4.78, 5) is 25.2. The maximum Gasteiger partial charge on any atom is 0.399 e. The number of H-pyrrole nitrogens is 1. The first-order valence-corrected chi connectivity index (χ1v) is 11.5. The number of aromatic amines is 1. The van der Waals surface area contributed by atoms with E-state index >= 15 is 0 Å². The largest absolute Gasteiger partial charge is 0.399 e. The second kappa shape index (κ2) is 8.26. The summed E-state index contributed by atoms with van der Waals surface area (Å²) in [5, 5.41) is 1.28. The molecule has 5 nitrogen and oxygen atoms in total. The first-order chi connectivity index (χ1) is 13.1. The summed E-state index contributed by atoms with van der Waals surface area (Å²) in [6, 6.07) is 11.1. The molecule has 0 aliphatic carbocycles. The van der Waals surface area contributed by atoms with E-state index in [0.717, 1.165) is 17.3 Å². The molecule has 0 unspecified atom stereocenters. The van der Waals surface area contributed by atoms with Crippen LogP contribution in [0.25, 0.3) is 11.3 Å². The number of hydrogen-bond donors (Lipinski definition) is 3. The molecule has 0 spiro atoms. The molecule has 0 radical (unpaired) electrons. The number of hydrogen-bond acceptors (Lipinski definition) is 3. The maximum atomic E-state index is 13.9. The molecule has 0 atom stereocenters. The smallest absolute Gasteiger partial charge is 0.333 e. The van der Waals surface area contributed by atoms with Crippen LogP contribution in [0.4, 0.5) is 8.78 Å². The topological polar surface area (TPSA) is 86.2 Å². The molecular weight excluding hydrogens is 497 g/mol. The number of nitrogens with one attached hydrogen (secondary N) is 1. The Morgan fingerprint density at radius 3 is 2.50 bits per heavy atom. The fourth-order valence-electron chi connectivity index (χ4n) is 2.35. The van der Waals surface area contributed by atoms with Crippen LogP contribution in [0.1, 0.15) is 11.1 Å². The van der Waals surface area contributed by atoms with Gasteiger partial charge in [-0.15, -0.1) is 0 Å². The Kier molecular flexibility index (Phi) is 6.34. The third-order valence-electron chi connectivity index (χ3n) is 3.81. The van der Waals surface area contributed by atoms with Gasteiger partial charge in [-0.05, 0) is 29.3 Å². The van der Waals surface area contributed by atoms with Gasteiger partial charge in [-0.3, -0.25) is 4.57 Å². The van der Waals surface area contributed by atoms with Gasteiger partial charge in [0.2, 0.25) is 0 Å². The lowest BCUT2D eigenvalue weighted by Crippen LogP contribution is -2.14. The molecule has 0 saturated carbocycles. The zero-order valence-corrected chi connectivity index (χ0v) is 18.0. The summed E-state index contributed by atoms with van der Waals surface area (Å²) in [5.74, 6) is 0.425. The van der Waals surface area contributed by atoms with Crippen LogP contribution >= 0.6 is 46.9 Å². The molecule has 3 aromatic rings. The highest BCUT2D eigenvalue weighted by Crippen LogP contribution is 2.60. The fraction of sp³-hybridized carbons (Fsp3) is 0.118. The first-order valence-electron chi connectivity index (χ1n) is 7.74. The zero-order chi connectivity index (χ0) is 20.5. The van der Waals surface area contributed by atoms with Gasteiger partial charge in [0.25, 0.3) is 0 Å². The molecule has 0 aliphatic heterocycles. The molecule has 148 valence electrons. The minimum absolute atomic E-state index is 0.0692. The van der Waals surface area contributed by atoms with Crippen LogP contribution < -0.4 is 0 Å². The number of aromatic nitrogens is 2. The van der Waals surface area contributed by atoms with Gasteiger partial charge in [0, 0.05) is 20.8 Å². The number of benzene rings is 2. The van der Waals surface area contributed by atoms with E-state index in [0.29, 0.717) is 21.5 Å². The van der Waals surface area contributed by atoms with Crippen molar-refractivity contribution in [2.45, 2.75) is 16.6 Å². The molecule has 1 heterocycles. The van der Waals surface area contributed by atoms with E-state index in [1.165, 1.54) is 23.9 Å². The molecule has 0 saturated heterocycles. The predicted molar refractivity (Wildman–Crippen MR) is 109 cm³/mol. The molecule has 11 heteroatoms. The van der Waals surface area contributed by atoms with Gasteiger partial charge in [0.15, 0.2) is 5.16 Å². The summed E-state index contributed by atoms with van der Waals surface area (Å²) in [6.07, 6.45) is 1.69. The fourth-order valence-corrected chi connectivity index (χ4v) is 4.61. The van der Waals surface area contributed by atoms with Crippen LogP contribution in [0.15, 0.2) is 58.3 Å². The van der Waals surface area contributed by atoms with Crippen molar-refractivity contribution in [1.82, 2.24) is 9.97 Å². The van der Waals surface area contributed by atoms with Crippen molar-refractivity contribution < 1.29 is 23.1 Å². The first kappa shape index (κ1) is 21.5. The van der Waals surface area contributed by atoms with Crippen molar-refractivity contribution in [3.63, 3.8) is 0 Å². The molecule has 3 N–H and O–H groups in total. The third-order valence-corrected chi connectivity index (χ3v) is 6.65. The number of imidazole rings is 1. The lowest BCUT2D eigenvalue weighted by Gasteiger charge is -2.19. The van der Waals surface area contributed by atoms with Crippen molar-refractivity contribution in [1.29, 1.82) is 0 Å². The van der Waals surface area contributed by atoms with Gasteiger partial charge in [-0.1, -0.05) is 63.6 Å². The number of halogens is 4. The van der Waals surface area contributed by atoms with Gasteiger partial charge in [0.05, 0.1) is 11.9 Å². The van der Waals surface area contributed by atoms with Crippen molar-refractivity contribution in [3.05, 3.63) is 69.3 Å². The number of rotatable bonds is 6. The van der Waals surface area contributed by atoms with Gasteiger partial charge < -0.3 is 14.8 Å². The average molecular weight is 510 g/mol. The van der Waals surface area contributed by atoms with Gasteiger partial charge in [0.1, 0.15) is 0 Å². The van der Waals surface area contributed by atoms with Crippen molar-refractivity contribution in [3.8, 4) is 11.3 Å². The second-order valence-electron chi connectivity index (χ2n) is 5.80. The Morgan fingerprint density at radius 2 is 1.89 bits per heavy atom. The van der Waals surface area contributed by atoms with Crippen LogP contribution in [0.2, 0.25) is 5.02 Å². The molecular formula is C17H13BrClF2N2O3PS. The van der Waals surface area contributed by atoms with Crippen LogP contribution in [0.3, 0.4) is 0 Å². The van der Waals surface area contributed by atoms with Crippen LogP contribution in [0.5, 0.6) is 0 Å². The Morgan fingerprint density at radius 1 is 1.21 bits per heavy atom. The summed E-state index contributed by atoms with van der Waals surface area (Å²) < 4.78 is 38.7. The molecule has 3 rings (SSSR count). The standard InChI is InChI=1S/C17H13BrClF2N2O3PS/c18-14-7-10(1-6-13(14)17(20,21)27(24,25)26)9-28-16-22-8-15(23-16)11-2-4-12(19)5-3-11/h1-8H,9H2,(H,22,23)(H2,24,25,26). The van der Waals surface area contributed by atoms with Crippen molar-refractivity contribution >= 4 is 46.9 Å². The maximum absolute atomic E-state index is 13.9. The summed E-state index contributed by atoms with van der Waals surface area (Å²) >= 11 is 10.2. The molecule has 0 amide bonds. The second-order valence-corrected chi connectivity index (χ2v) is 9.70. The van der Waals surface area contributed by atoms with Crippen LogP contribution in [-0.4, -0.2) is 19.8 Å². The Bertz CT molecular complexity index is 1040. The molecule has 28 heavy (non-hydrogen) atoms. The summed E-state index contributed by atoms with van der Waals surface area (Å²) in [7, 11) is -5.62. The summed E-state index contributed by atoms with van der Waals surface area (Å²) in [6.45, 7) is 0. The van der Waals surface area contributed by atoms with E-state index in [1.807, 2.05) is 12.1 Å². The highest BCUT2D eigenvalue weighted by molar-refractivity contribution is 9.10. The van der Waals surface area contributed by atoms with Crippen LogP contribution in [-0.2, 0) is 16.0 Å². The quantitative estimate of drug-likeness (QED) is 0.280. The number of nitrogens with zero attached hydrogens (tertiary/aromatic N) is 1.